The van der Waals surface area contributed by atoms with Crippen LogP contribution in [0.25, 0.3) is 0 Å². The number of aromatic nitrogens is 2. The standard InChI is InChI=1S/C14H18N2O3S/c1-12-4-2-5-13(8-12)10-20(18,19)11-14(17)9-16-7-3-6-15-16/h2-8,14,17H,9-11H2,1H3/t14-/m0/s1. The molecule has 108 valence electrons. The van der Waals surface area contributed by atoms with Crippen molar-refractivity contribution in [2.24, 2.45) is 0 Å². The minimum atomic E-state index is -3.34. The number of aliphatic hydroxyl groups is 1. The lowest BCUT2D eigenvalue weighted by Gasteiger charge is -2.11. The van der Waals surface area contributed by atoms with E-state index in [1.807, 2.05) is 25.1 Å². The van der Waals surface area contributed by atoms with Crippen molar-refractivity contribution >= 4 is 9.84 Å². The molecule has 0 amide bonds. The summed E-state index contributed by atoms with van der Waals surface area (Å²) in [6.07, 6.45) is 2.33. The zero-order valence-electron chi connectivity index (χ0n) is 11.3. The molecule has 1 atom stereocenters. The fourth-order valence-corrected chi connectivity index (χ4v) is 3.58. The molecule has 1 aromatic carbocycles. The predicted octanol–water partition coefficient (Wildman–Crippen LogP) is 1.17. The van der Waals surface area contributed by atoms with Gasteiger partial charge < -0.3 is 5.11 Å². The average molecular weight is 294 g/mol. The van der Waals surface area contributed by atoms with Crippen LogP contribution >= 0.6 is 0 Å². The van der Waals surface area contributed by atoms with Crippen LogP contribution in [0.3, 0.4) is 0 Å². The molecule has 2 aromatic rings. The second-order valence-corrected chi connectivity index (χ2v) is 7.03. The first kappa shape index (κ1) is 14.7. The van der Waals surface area contributed by atoms with Crippen molar-refractivity contribution in [3.05, 3.63) is 53.9 Å². The summed E-state index contributed by atoms with van der Waals surface area (Å²) < 4.78 is 25.6. The van der Waals surface area contributed by atoms with Gasteiger partial charge in [0.05, 0.1) is 24.2 Å². The number of hydrogen-bond donors (Lipinski definition) is 1. The number of rotatable bonds is 6. The maximum Gasteiger partial charge on any atom is 0.157 e. The maximum absolute atomic E-state index is 12.1. The molecule has 1 N–H and O–H groups in total. The highest BCUT2D eigenvalue weighted by Crippen LogP contribution is 2.10. The van der Waals surface area contributed by atoms with Gasteiger partial charge >= 0.3 is 0 Å². The second-order valence-electron chi connectivity index (χ2n) is 4.93. The van der Waals surface area contributed by atoms with Crippen molar-refractivity contribution < 1.29 is 13.5 Å². The van der Waals surface area contributed by atoms with E-state index in [-0.39, 0.29) is 18.1 Å². The highest BCUT2D eigenvalue weighted by molar-refractivity contribution is 7.90. The lowest BCUT2D eigenvalue weighted by atomic mass is 10.2. The summed E-state index contributed by atoms with van der Waals surface area (Å²) in [4.78, 5) is 0. The second kappa shape index (κ2) is 6.19. The van der Waals surface area contributed by atoms with Gasteiger partial charge in [0.15, 0.2) is 9.84 Å². The fraction of sp³-hybridized carbons (Fsp3) is 0.357. The minimum Gasteiger partial charge on any atom is -0.390 e. The van der Waals surface area contributed by atoms with Gasteiger partial charge in [0.2, 0.25) is 0 Å². The van der Waals surface area contributed by atoms with Crippen molar-refractivity contribution in [2.75, 3.05) is 5.75 Å². The van der Waals surface area contributed by atoms with E-state index < -0.39 is 15.9 Å². The Kier molecular flexibility index (Phi) is 4.57. The molecule has 6 heteroatoms. The number of aryl methyl sites for hydroxylation is 1. The van der Waals surface area contributed by atoms with E-state index in [0.29, 0.717) is 0 Å². The third kappa shape index (κ3) is 4.47. The van der Waals surface area contributed by atoms with E-state index in [9.17, 15) is 13.5 Å². The first-order valence-corrected chi connectivity index (χ1v) is 8.18. The van der Waals surface area contributed by atoms with Crippen molar-refractivity contribution in [2.45, 2.75) is 25.3 Å². The summed E-state index contributed by atoms with van der Waals surface area (Å²) in [5.74, 6) is -0.314. The highest BCUT2D eigenvalue weighted by atomic mass is 32.2. The SMILES string of the molecule is Cc1cccc(CS(=O)(=O)C[C@@H](O)Cn2cccn2)c1. The summed E-state index contributed by atoms with van der Waals surface area (Å²) in [5, 5.41) is 13.8. The number of hydrogen-bond acceptors (Lipinski definition) is 4. The largest absolute Gasteiger partial charge is 0.390 e. The van der Waals surface area contributed by atoms with Crippen LogP contribution in [0.5, 0.6) is 0 Å². The molecule has 0 unspecified atom stereocenters. The molecule has 0 saturated heterocycles. The summed E-state index contributed by atoms with van der Waals surface area (Å²) >= 11 is 0. The zero-order valence-corrected chi connectivity index (χ0v) is 12.1. The van der Waals surface area contributed by atoms with Crippen LogP contribution in [0.15, 0.2) is 42.7 Å². The third-order valence-corrected chi connectivity index (χ3v) is 4.54. The molecular formula is C14H18N2O3S. The Morgan fingerprint density at radius 2 is 2.15 bits per heavy atom. The van der Waals surface area contributed by atoms with Gasteiger partial charge in [0, 0.05) is 12.4 Å². The van der Waals surface area contributed by atoms with Crippen molar-refractivity contribution in [3.8, 4) is 0 Å². The Hall–Kier alpha value is -1.66. The molecule has 1 aromatic heterocycles. The van der Waals surface area contributed by atoms with E-state index in [1.165, 1.54) is 4.68 Å². The van der Waals surface area contributed by atoms with E-state index in [1.54, 1.807) is 24.5 Å². The zero-order chi connectivity index (χ0) is 14.6. The number of benzene rings is 1. The van der Waals surface area contributed by atoms with Gasteiger partial charge in [0.25, 0.3) is 0 Å². The van der Waals surface area contributed by atoms with Crippen molar-refractivity contribution in [3.63, 3.8) is 0 Å². The van der Waals surface area contributed by atoms with Crippen LogP contribution in [0.1, 0.15) is 11.1 Å². The molecule has 20 heavy (non-hydrogen) atoms. The molecule has 0 fully saturated rings. The number of nitrogens with zero attached hydrogens (tertiary/aromatic N) is 2. The van der Waals surface area contributed by atoms with Gasteiger partial charge in [0.1, 0.15) is 0 Å². The Balaban J connectivity index is 1.96. The summed E-state index contributed by atoms with van der Waals surface area (Å²) in [7, 11) is -3.34. The summed E-state index contributed by atoms with van der Waals surface area (Å²) in [6.45, 7) is 2.10. The monoisotopic (exact) mass is 294 g/mol. The molecular weight excluding hydrogens is 276 g/mol. The lowest BCUT2D eigenvalue weighted by molar-refractivity contribution is 0.171. The van der Waals surface area contributed by atoms with Crippen LogP contribution < -0.4 is 0 Å². The Morgan fingerprint density at radius 1 is 1.35 bits per heavy atom. The molecule has 0 aliphatic heterocycles. The molecule has 0 aliphatic carbocycles. The Bertz CT molecular complexity index is 651. The quantitative estimate of drug-likeness (QED) is 0.868. The smallest absolute Gasteiger partial charge is 0.157 e. The Labute approximate surface area is 118 Å². The highest BCUT2D eigenvalue weighted by Gasteiger charge is 2.18. The van der Waals surface area contributed by atoms with Crippen LogP contribution in [0.4, 0.5) is 0 Å². The van der Waals surface area contributed by atoms with Crippen molar-refractivity contribution in [1.29, 1.82) is 0 Å². The normalized spacial score (nSPS) is 13.3. The first-order valence-electron chi connectivity index (χ1n) is 6.36. The van der Waals surface area contributed by atoms with Gasteiger partial charge in [-0.3, -0.25) is 4.68 Å². The predicted molar refractivity (Wildman–Crippen MR) is 76.9 cm³/mol. The van der Waals surface area contributed by atoms with Crippen LogP contribution in [0, 0.1) is 6.92 Å². The third-order valence-electron chi connectivity index (χ3n) is 2.87. The lowest BCUT2D eigenvalue weighted by Crippen LogP contribution is -2.26. The van der Waals surface area contributed by atoms with E-state index in [4.69, 9.17) is 0 Å². The van der Waals surface area contributed by atoms with Gasteiger partial charge in [-0.1, -0.05) is 29.8 Å². The molecule has 0 radical (unpaired) electrons. The number of aliphatic hydroxyl groups excluding tert-OH is 1. The molecule has 0 spiro atoms. The van der Waals surface area contributed by atoms with Gasteiger partial charge in [-0.25, -0.2) is 8.42 Å². The molecule has 1 heterocycles. The molecule has 0 saturated carbocycles. The van der Waals surface area contributed by atoms with E-state index >= 15 is 0 Å². The van der Waals surface area contributed by atoms with E-state index in [0.717, 1.165) is 11.1 Å². The van der Waals surface area contributed by atoms with Crippen LogP contribution in [-0.4, -0.2) is 35.2 Å². The molecule has 5 nitrogen and oxygen atoms in total. The van der Waals surface area contributed by atoms with Gasteiger partial charge in [-0.15, -0.1) is 0 Å². The minimum absolute atomic E-state index is 0.0507. The number of sulfone groups is 1. The summed E-state index contributed by atoms with van der Waals surface area (Å²) in [6, 6.07) is 9.11. The fourth-order valence-electron chi connectivity index (χ4n) is 2.08. The summed E-state index contributed by atoms with van der Waals surface area (Å²) in [5.41, 5.74) is 1.77. The Morgan fingerprint density at radius 3 is 2.80 bits per heavy atom. The van der Waals surface area contributed by atoms with Gasteiger partial charge in [-0.2, -0.15) is 5.10 Å². The molecule has 2 rings (SSSR count). The maximum atomic E-state index is 12.1. The molecule has 0 bridgehead atoms. The van der Waals surface area contributed by atoms with Gasteiger partial charge in [-0.05, 0) is 18.6 Å². The van der Waals surface area contributed by atoms with Crippen LogP contribution in [-0.2, 0) is 22.1 Å². The average Bonchev–Trinajstić information content (AvgIpc) is 2.79. The van der Waals surface area contributed by atoms with E-state index in [2.05, 4.69) is 5.10 Å². The topological polar surface area (TPSA) is 72.2 Å². The molecule has 0 aliphatic rings. The van der Waals surface area contributed by atoms with Crippen LogP contribution in [0.2, 0.25) is 0 Å². The first-order chi connectivity index (χ1) is 9.44. The van der Waals surface area contributed by atoms with Crippen molar-refractivity contribution in [1.82, 2.24) is 9.78 Å².